The van der Waals surface area contributed by atoms with E-state index >= 15 is 0 Å². The molecule has 1 spiro atoms. The summed E-state index contributed by atoms with van der Waals surface area (Å²) in [7, 11) is 0. The predicted octanol–water partition coefficient (Wildman–Crippen LogP) is 1.53. The van der Waals surface area contributed by atoms with Crippen LogP contribution < -0.4 is 10.6 Å². The molecular weight excluding hydrogens is 205 g/mol. The molecule has 2 rings (SSSR count). The van der Waals surface area contributed by atoms with Crippen LogP contribution in [0, 0.1) is 11.3 Å². The molecular formula is C10H17F3N2. The van der Waals surface area contributed by atoms with E-state index in [0.717, 1.165) is 32.4 Å². The van der Waals surface area contributed by atoms with Crippen molar-refractivity contribution < 1.29 is 13.2 Å². The number of hydrogen-bond donors (Lipinski definition) is 2. The van der Waals surface area contributed by atoms with Crippen LogP contribution in [0.1, 0.15) is 19.3 Å². The molecule has 0 aromatic carbocycles. The smallest absolute Gasteiger partial charge is 0.317 e. The van der Waals surface area contributed by atoms with Crippen LogP contribution in [0.15, 0.2) is 0 Å². The van der Waals surface area contributed by atoms with Crippen molar-refractivity contribution in [3.05, 3.63) is 0 Å². The summed E-state index contributed by atoms with van der Waals surface area (Å²) in [5.41, 5.74) is 0.379. The molecule has 1 saturated carbocycles. The number of nitrogens with one attached hydrogen (secondary N) is 2. The topological polar surface area (TPSA) is 24.1 Å². The lowest BCUT2D eigenvalue weighted by atomic mass is 9.92. The van der Waals surface area contributed by atoms with Gasteiger partial charge in [0.05, 0.1) is 6.54 Å². The van der Waals surface area contributed by atoms with Crippen molar-refractivity contribution in [3.8, 4) is 0 Å². The van der Waals surface area contributed by atoms with Crippen molar-refractivity contribution in [1.29, 1.82) is 0 Å². The second-order valence-corrected chi connectivity index (χ2v) is 4.76. The van der Waals surface area contributed by atoms with Gasteiger partial charge in [-0.2, -0.15) is 13.2 Å². The molecule has 0 amide bonds. The molecule has 1 aliphatic carbocycles. The minimum Gasteiger partial charge on any atom is -0.317 e. The van der Waals surface area contributed by atoms with Crippen molar-refractivity contribution in [2.75, 3.05) is 26.2 Å². The molecule has 1 unspecified atom stereocenters. The Balaban J connectivity index is 1.66. The number of rotatable bonds is 3. The van der Waals surface area contributed by atoms with Crippen LogP contribution in [0.2, 0.25) is 0 Å². The van der Waals surface area contributed by atoms with Crippen LogP contribution in [-0.4, -0.2) is 32.4 Å². The number of halogens is 3. The van der Waals surface area contributed by atoms with Gasteiger partial charge in [-0.05, 0) is 50.2 Å². The van der Waals surface area contributed by atoms with Gasteiger partial charge in [0.15, 0.2) is 0 Å². The number of hydrogen-bond acceptors (Lipinski definition) is 2. The molecule has 0 bridgehead atoms. The van der Waals surface area contributed by atoms with Gasteiger partial charge in [0.25, 0.3) is 0 Å². The summed E-state index contributed by atoms with van der Waals surface area (Å²) in [6.45, 7) is 1.73. The summed E-state index contributed by atoms with van der Waals surface area (Å²) >= 11 is 0. The first-order valence-corrected chi connectivity index (χ1v) is 5.50. The van der Waals surface area contributed by atoms with E-state index in [9.17, 15) is 13.2 Å². The van der Waals surface area contributed by atoms with E-state index in [0.29, 0.717) is 17.9 Å². The van der Waals surface area contributed by atoms with Gasteiger partial charge in [0.2, 0.25) is 0 Å². The van der Waals surface area contributed by atoms with E-state index < -0.39 is 12.7 Å². The van der Waals surface area contributed by atoms with Gasteiger partial charge >= 0.3 is 6.18 Å². The van der Waals surface area contributed by atoms with Crippen molar-refractivity contribution in [2.24, 2.45) is 11.3 Å². The third kappa shape index (κ3) is 2.84. The maximum atomic E-state index is 11.9. The van der Waals surface area contributed by atoms with E-state index in [-0.39, 0.29) is 0 Å². The van der Waals surface area contributed by atoms with Crippen molar-refractivity contribution in [2.45, 2.75) is 25.4 Å². The van der Waals surface area contributed by atoms with E-state index in [2.05, 4.69) is 10.6 Å². The Kier molecular flexibility index (Phi) is 2.94. The molecule has 0 radical (unpaired) electrons. The second-order valence-electron chi connectivity index (χ2n) is 4.76. The van der Waals surface area contributed by atoms with Crippen LogP contribution in [0.5, 0.6) is 0 Å². The molecule has 1 atom stereocenters. The Morgan fingerprint density at radius 1 is 1.27 bits per heavy atom. The molecule has 2 fully saturated rings. The highest BCUT2D eigenvalue weighted by atomic mass is 19.4. The summed E-state index contributed by atoms with van der Waals surface area (Å²) in [5.74, 6) is 0.474. The van der Waals surface area contributed by atoms with E-state index in [4.69, 9.17) is 0 Å². The van der Waals surface area contributed by atoms with E-state index in [1.54, 1.807) is 0 Å². The first-order valence-electron chi connectivity index (χ1n) is 5.50. The van der Waals surface area contributed by atoms with Crippen LogP contribution in [0.4, 0.5) is 13.2 Å². The molecule has 2 N–H and O–H groups in total. The predicted molar refractivity (Wildman–Crippen MR) is 51.6 cm³/mol. The lowest BCUT2D eigenvalue weighted by Gasteiger charge is -2.23. The zero-order valence-electron chi connectivity index (χ0n) is 8.66. The van der Waals surface area contributed by atoms with Gasteiger partial charge in [-0.25, -0.2) is 0 Å². The molecule has 1 heterocycles. The normalized spacial score (nSPS) is 29.4. The summed E-state index contributed by atoms with van der Waals surface area (Å²) in [4.78, 5) is 0. The number of piperidine rings is 1. The standard InChI is InChI=1S/C10H17F3N2/c11-10(12,13)7-15-6-8-5-9(8)1-3-14-4-2-9/h8,14-15H,1-7H2. The lowest BCUT2D eigenvalue weighted by Crippen LogP contribution is -2.34. The number of alkyl halides is 3. The molecule has 1 saturated heterocycles. The van der Waals surface area contributed by atoms with Crippen molar-refractivity contribution in [3.63, 3.8) is 0 Å². The van der Waals surface area contributed by atoms with Gasteiger partial charge < -0.3 is 10.6 Å². The minimum atomic E-state index is -4.07. The average molecular weight is 222 g/mol. The maximum absolute atomic E-state index is 11.9. The van der Waals surface area contributed by atoms with Crippen molar-refractivity contribution in [1.82, 2.24) is 10.6 Å². The van der Waals surface area contributed by atoms with E-state index in [1.807, 2.05) is 0 Å². The third-order valence-electron chi connectivity index (χ3n) is 3.67. The average Bonchev–Trinajstić information content (AvgIpc) is 2.77. The zero-order valence-corrected chi connectivity index (χ0v) is 8.66. The highest BCUT2D eigenvalue weighted by Gasteiger charge is 2.53. The van der Waals surface area contributed by atoms with Crippen LogP contribution in [0.3, 0.4) is 0 Å². The van der Waals surface area contributed by atoms with Gasteiger partial charge in [-0.15, -0.1) is 0 Å². The highest BCUT2D eigenvalue weighted by molar-refractivity contribution is 5.05. The van der Waals surface area contributed by atoms with Crippen molar-refractivity contribution >= 4 is 0 Å². The Morgan fingerprint density at radius 2 is 1.93 bits per heavy atom. The van der Waals surface area contributed by atoms with E-state index in [1.165, 1.54) is 0 Å². The van der Waals surface area contributed by atoms with Gasteiger partial charge in [-0.1, -0.05) is 0 Å². The Morgan fingerprint density at radius 3 is 2.53 bits per heavy atom. The zero-order chi connectivity index (χ0) is 10.9. The monoisotopic (exact) mass is 222 g/mol. The fourth-order valence-electron chi connectivity index (χ4n) is 2.65. The minimum absolute atomic E-state index is 0.379. The molecule has 88 valence electrons. The second kappa shape index (κ2) is 3.94. The first kappa shape index (κ1) is 11.2. The van der Waals surface area contributed by atoms with Crippen LogP contribution in [0.25, 0.3) is 0 Å². The Bertz CT molecular complexity index is 221. The summed E-state index contributed by atoms with van der Waals surface area (Å²) in [5, 5.41) is 5.79. The van der Waals surface area contributed by atoms with Crippen LogP contribution >= 0.6 is 0 Å². The van der Waals surface area contributed by atoms with Gasteiger partial charge in [0, 0.05) is 0 Å². The summed E-state index contributed by atoms with van der Waals surface area (Å²) in [6.07, 6.45) is -0.702. The molecule has 2 aliphatic rings. The van der Waals surface area contributed by atoms with Gasteiger partial charge in [-0.3, -0.25) is 0 Å². The molecule has 0 aromatic rings. The summed E-state index contributed by atoms with van der Waals surface area (Å²) < 4.78 is 35.7. The largest absolute Gasteiger partial charge is 0.401 e. The molecule has 15 heavy (non-hydrogen) atoms. The Hall–Kier alpha value is -0.290. The van der Waals surface area contributed by atoms with Crippen LogP contribution in [-0.2, 0) is 0 Å². The molecule has 1 aliphatic heterocycles. The molecule has 0 aromatic heterocycles. The fourth-order valence-corrected chi connectivity index (χ4v) is 2.65. The lowest BCUT2D eigenvalue weighted by molar-refractivity contribution is -0.124. The maximum Gasteiger partial charge on any atom is 0.401 e. The molecule has 5 heteroatoms. The highest BCUT2D eigenvalue weighted by Crippen LogP contribution is 2.58. The SMILES string of the molecule is FC(F)(F)CNCC1CC12CCNCC2. The summed E-state index contributed by atoms with van der Waals surface area (Å²) in [6, 6.07) is 0. The van der Waals surface area contributed by atoms with Gasteiger partial charge in [0.1, 0.15) is 0 Å². The molecule has 2 nitrogen and oxygen atoms in total. The quantitative estimate of drug-likeness (QED) is 0.756. The third-order valence-corrected chi connectivity index (χ3v) is 3.67. The Labute approximate surface area is 87.6 Å². The fraction of sp³-hybridized carbons (Fsp3) is 1.00. The first-order chi connectivity index (χ1) is 7.02.